The lowest BCUT2D eigenvalue weighted by molar-refractivity contribution is 0.0943. The highest BCUT2D eigenvalue weighted by Crippen LogP contribution is 2.34. The average molecular weight is 361 g/mol. The molecule has 140 valence electrons. The van der Waals surface area contributed by atoms with Crippen LogP contribution in [0.4, 0.5) is 0 Å². The molecule has 0 spiro atoms. The third-order valence-corrected chi connectivity index (χ3v) is 3.67. The van der Waals surface area contributed by atoms with Crippen LogP contribution in [0.25, 0.3) is 0 Å². The van der Waals surface area contributed by atoms with Gasteiger partial charge >= 0.3 is 0 Å². The van der Waals surface area contributed by atoms with E-state index in [1.807, 2.05) is 12.1 Å². The second-order valence-electron chi connectivity index (χ2n) is 5.19. The first-order valence-electron chi connectivity index (χ1n) is 7.98. The zero-order valence-corrected chi connectivity index (χ0v) is 15.3. The number of hydrogen-bond donors (Lipinski definition) is 1. The molecular formula is C19H23NO6. The number of amides is 1. The number of hydrogen-bond acceptors (Lipinski definition) is 6. The number of methoxy groups -OCH3 is 4. The Balaban J connectivity index is 1.94. The Labute approximate surface area is 152 Å². The quantitative estimate of drug-likeness (QED) is 0.692. The van der Waals surface area contributed by atoms with Gasteiger partial charge in [0, 0.05) is 12.1 Å². The van der Waals surface area contributed by atoms with Gasteiger partial charge < -0.3 is 29.0 Å². The van der Waals surface area contributed by atoms with E-state index in [2.05, 4.69) is 5.32 Å². The summed E-state index contributed by atoms with van der Waals surface area (Å²) in [5.41, 5.74) is 0.356. The van der Waals surface area contributed by atoms with Crippen LogP contribution in [0.5, 0.6) is 28.7 Å². The van der Waals surface area contributed by atoms with E-state index in [9.17, 15) is 4.79 Å². The summed E-state index contributed by atoms with van der Waals surface area (Å²) in [6, 6.07) is 10.4. The van der Waals surface area contributed by atoms with Gasteiger partial charge in [-0.1, -0.05) is 0 Å². The van der Waals surface area contributed by atoms with Gasteiger partial charge in [0.1, 0.15) is 23.9 Å². The molecule has 0 unspecified atom stereocenters. The number of carbonyl (C=O) groups excluding carboxylic acids is 1. The maximum absolute atomic E-state index is 12.4. The van der Waals surface area contributed by atoms with Gasteiger partial charge in [-0.2, -0.15) is 0 Å². The summed E-state index contributed by atoms with van der Waals surface area (Å²) in [6.45, 7) is 0.663. The smallest absolute Gasteiger partial charge is 0.255 e. The minimum absolute atomic E-state index is 0.291. The van der Waals surface area contributed by atoms with E-state index in [4.69, 9.17) is 23.7 Å². The molecule has 7 heteroatoms. The van der Waals surface area contributed by atoms with Crippen molar-refractivity contribution in [3.63, 3.8) is 0 Å². The lowest BCUT2D eigenvalue weighted by atomic mass is 10.1. The number of rotatable bonds is 9. The van der Waals surface area contributed by atoms with Crippen molar-refractivity contribution in [2.24, 2.45) is 0 Å². The van der Waals surface area contributed by atoms with E-state index in [-0.39, 0.29) is 5.91 Å². The zero-order chi connectivity index (χ0) is 18.9. The molecule has 1 amide bonds. The summed E-state index contributed by atoms with van der Waals surface area (Å²) in [7, 11) is 6.13. The summed E-state index contributed by atoms with van der Waals surface area (Å²) in [6.07, 6.45) is 0. The van der Waals surface area contributed by atoms with Gasteiger partial charge in [0.2, 0.25) is 0 Å². The Bertz CT molecular complexity index is 730. The van der Waals surface area contributed by atoms with Crippen LogP contribution in [0.1, 0.15) is 10.4 Å². The largest absolute Gasteiger partial charge is 0.497 e. The lowest BCUT2D eigenvalue weighted by Gasteiger charge is -2.14. The highest BCUT2D eigenvalue weighted by molar-refractivity contribution is 5.97. The monoisotopic (exact) mass is 361 g/mol. The normalized spacial score (nSPS) is 10.0. The molecular weight excluding hydrogens is 338 g/mol. The molecule has 2 aromatic carbocycles. The van der Waals surface area contributed by atoms with Crippen molar-refractivity contribution in [2.75, 3.05) is 41.6 Å². The molecule has 0 saturated heterocycles. The van der Waals surface area contributed by atoms with Gasteiger partial charge in [-0.15, -0.1) is 0 Å². The fourth-order valence-electron chi connectivity index (χ4n) is 2.31. The lowest BCUT2D eigenvalue weighted by Crippen LogP contribution is -2.28. The van der Waals surface area contributed by atoms with Gasteiger partial charge in [-0.3, -0.25) is 4.79 Å². The summed E-state index contributed by atoms with van der Waals surface area (Å²) in [4.78, 5) is 12.4. The fourth-order valence-corrected chi connectivity index (χ4v) is 2.31. The Morgan fingerprint density at radius 1 is 0.808 bits per heavy atom. The fraction of sp³-hybridized carbons (Fsp3) is 0.316. The average Bonchev–Trinajstić information content (AvgIpc) is 2.70. The maximum atomic E-state index is 12.4. The topological polar surface area (TPSA) is 75.3 Å². The Morgan fingerprint density at radius 3 is 1.96 bits per heavy atom. The van der Waals surface area contributed by atoms with Crippen LogP contribution in [-0.2, 0) is 0 Å². The van der Waals surface area contributed by atoms with Gasteiger partial charge in [-0.25, -0.2) is 0 Å². The number of ether oxygens (including phenoxy) is 5. The zero-order valence-electron chi connectivity index (χ0n) is 15.3. The van der Waals surface area contributed by atoms with Crippen molar-refractivity contribution in [1.82, 2.24) is 5.32 Å². The molecule has 0 aliphatic carbocycles. The van der Waals surface area contributed by atoms with E-state index in [0.29, 0.717) is 41.7 Å². The predicted octanol–water partition coefficient (Wildman–Crippen LogP) is 2.53. The number of nitrogens with one attached hydrogen (secondary N) is 1. The molecule has 0 aliphatic heterocycles. The number of benzene rings is 2. The molecule has 0 bridgehead atoms. The molecule has 0 fully saturated rings. The van der Waals surface area contributed by atoms with Crippen molar-refractivity contribution in [3.05, 3.63) is 42.0 Å². The highest BCUT2D eigenvalue weighted by atomic mass is 16.5. The van der Waals surface area contributed by atoms with Crippen molar-refractivity contribution >= 4 is 5.91 Å². The van der Waals surface area contributed by atoms with Gasteiger partial charge in [0.05, 0.1) is 40.5 Å². The summed E-state index contributed by atoms with van der Waals surface area (Å²) in [5.74, 6) is 2.50. The Kier molecular flexibility index (Phi) is 6.96. The van der Waals surface area contributed by atoms with Crippen LogP contribution in [0.3, 0.4) is 0 Å². The second-order valence-corrected chi connectivity index (χ2v) is 5.19. The van der Waals surface area contributed by atoms with E-state index >= 15 is 0 Å². The van der Waals surface area contributed by atoms with Crippen LogP contribution in [0, 0.1) is 0 Å². The first-order chi connectivity index (χ1) is 12.6. The third kappa shape index (κ3) is 4.72. The molecule has 26 heavy (non-hydrogen) atoms. The second kappa shape index (κ2) is 9.41. The van der Waals surface area contributed by atoms with Crippen LogP contribution in [0.2, 0.25) is 0 Å². The van der Waals surface area contributed by atoms with Crippen LogP contribution in [0.15, 0.2) is 36.4 Å². The van der Waals surface area contributed by atoms with Crippen LogP contribution in [-0.4, -0.2) is 47.5 Å². The van der Waals surface area contributed by atoms with Crippen molar-refractivity contribution in [1.29, 1.82) is 0 Å². The van der Waals surface area contributed by atoms with E-state index in [0.717, 1.165) is 5.75 Å². The van der Waals surface area contributed by atoms with Gasteiger partial charge in [0.15, 0.2) is 11.5 Å². The van der Waals surface area contributed by atoms with Crippen molar-refractivity contribution < 1.29 is 28.5 Å². The minimum Gasteiger partial charge on any atom is -0.497 e. The molecule has 7 nitrogen and oxygen atoms in total. The number of carbonyl (C=O) groups is 1. The predicted molar refractivity (Wildman–Crippen MR) is 96.9 cm³/mol. The third-order valence-electron chi connectivity index (χ3n) is 3.67. The Hall–Kier alpha value is -3.09. The van der Waals surface area contributed by atoms with E-state index in [1.54, 1.807) is 31.4 Å². The summed E-state index contributed by atoms with van der Waals surface area (Å²) < 4.78 is 26.4. The SMILES string of the molecule is COc1ccc(OCCNC(=O)c2cc(OC)c(OC)cc2OC)cc1. The Morgan fingerprint density at radius 2 is 1.38 bits per heavy atom. The molecule has 2 rings (SSSR count). The molecule has 1 N–H and O–H groups in total. The highest BCUT2D eigenvalue weighted by Gasteiger charge is 2.17. The van der Waals surface area contributed by atoms with Gasteiger partial charge in [0.25, 0.3) is 5.91 Å². The molecule has 0 radical (unpaired) electrons. The van der Waals surface area contributed by atoms with E-state index in [1.165, 1.54) is 21.3 Å². The van der Waals surface area contributed by atoms with E-state index < -0.39 is 0 Å². The van der Waals surface area contributed by atoms with Crippen LogP contribution < -0.4 is 29.0 Å². The molecule has 0 saturated carbocycles. The molecule has 0 aliphatic rings. The van der Waals surface area contributed by atoms with Crippen LogP contribution >= 0.6 is 0 Å². The first-order valence-corrected chi connectivity index (χ1v) is 7.98. The van der Waals surface area contributed by atoms with Crippen molar-refractivity contribution in [3.8, 4) is 28.7 Å². The summed E-state index contributed by atoms with van der Waals surface area (Å²) in [5, 5.41) is 2.79. The standard InChI is InChI=1S/C19H23NO6/c1-22-13-5-7-14(8-6-13)26-10-9-20-19(21)15-11-17(24-3)18(25-4)12-16(15)23-2/h5-8,11-12H,9-10H2,1-4H3,(H,20,21). The molecule has 0 aromatic heterocycles. The summed E-state index contributed by atoms with van der Waals surface area (Å²) >= 11 is 0. The minimum atomic E-state index is -0.291. The van der Waals surface area contributed by atoms with Crippen molar-refractivity contribution in [2.45, 2.75) is 0 Å². The van der Waals surface area contributed by atoms with Gasteiger partial charge in [-0.05, 0) is 24.3 Å². The molecule has 0 heterocycles. The molecule has 0 atom stereocenters. The first kappa shape index (κ1) is 19.2. The molecule has 2 aromatic rings. The maximum Gasteiger partial charge on any atom is 0.255 e.